The standard InChI is InChI=1S/C11H17N5O3/c1-2-15-5-7(12)9(14-15)11(19)16-4-6(17)3-8(16)10(13)18/h5-6,8,17H,2-4,12H2,1H3,(H2,13,18). The summed E-state index contributed by atoms with van der Waals surface area (Å²) in [5.74, 6) is -1.12. The molecule has 0 radical (unpaired) electrons. The summed E-state index contributed by atoms with van der Waals surface area (Å²) in [4.78, 5) is 24.8. The van der Waals surface area contributed by atoms with Crippen LogP contribution in [0.5, 0.6) is 0 Å². The van der Waals surface area contributed by atoms with Crippen LogP contribution in [0.25, 0.3) is 0 Å². The van der Waals surface area contributed by atoms with Gasteiger partial charge >= 0.3 is 0 Å². The second kappa shape index (κ2) is 4.88. The maximum absolute atomic E-state index is 12.3. The second-order valence-corrected chi connectivity index (χ2v) is 4.55. The molecule has 2 amide bonds. The number of carbonyl (C=O) groups excluding carboxylic acids is 2. The van der Waals surface area contributed by atoms with E-state index in [9.17, 15) is 14.7 Å². The van der Waals surface area contributed by atoms with Gasteiger partial charge in [0.1, 0.15) is 6.04 Å². The average Bonchev–Trinajstić information content (AvgIpc) is 2.91. The van der Waals surface area contributed by atoms with E-state index in [1.165, 1.54) is 9.58 Å². The molecular formula is C11H17N5O3. The Morgan fingerprint density at radius 1 is 1.58 bits per heavy atom. The Morgan fingerprint density at radius 2 is 2.26 bits per heavy atom. The van der Waals surface area contributed by atoms with Crippen molar-refractivity contribution in [2.24, 2.45) is 5.73 Å². The van der Waals surface area contributed by atoms with Crippen molar-refractivity contribution in [1.29, 1.82) is 0 Å². The Bertz CT molecular complexity index is 512. The Balaban J connectivity index is 2.27. The van der Waals surface area contributed by atoms with Gasteiger partial charge in [-0.1, -0.05) is 0 Å². The molecule has 8 nitrogen and oxygen atoms in total. The van der Waals surface area contributed by atoms with Gasteiger partial charge in [0.15, 0.2) is 5.69 Å². The first-order valence-corrected chi connectivity index (χ1v) is 6.05. The van der Waals surface area contributed by atoms with Crippen molar-refractivity contribution in [2.75, 3.05) is 12.3 Å². The second-order valence-electron chi connectivity index (χ2n) is 4.55. The quantitative estimate of drug-likeness (QED) is 0.617. The molecule has 1 fully saturated rings. The van der Waals surface area contributed by atoms with E-state index >= 15 is 0 Å². The Morgan fingerprint density at radius 3 is 2.79 bits per heavy atom. The number of aromatic nitrogens is 2. The van der Waals surface area contributed by atoms with Gasteiger partial charge in [0, 0.05) is 25.7 Å². The first-order chi connectivity index (χ1) is 8.93. The van der Waals surface area contributed by atoms with Gasteiger partial charge in [-0.25, -0.2) is 0 Å². The number of primary amides is 1. The molecule has 1 aromatic heterocycles. The summed E-state index contributed by atoms with van der Waals surface area (Å²) in [6.45, 7) is 2.51. The van der Waals surface area contributed by atoms with Crippen molar-refractivity contribution in [3.05, 3.63) is 11.9 Å². The number of aliphatic hydroxyl groups is 1. The van der Waals surface area contributed by atoms with Gasteiger partial charge in [0.25, 0.3) is 5.91 Å². The van der Waals surface area contributed by atoms with Crippen molar-refractivity contribution in [3.63, 3.8) is 0 Å². The van der Waals surface area contributed by atoms with Crippen molar-refractivity contribution in [2.45, 2.75) is 32.0 Å². The van der Waals surface area contributed by atoms with Gasteiger partial charge in [0.05, 0.1) is 11.8 Å². The van der Waals surface area contributed by atoms with Gasteiger partial charge in [-0.15, -0.1) is 0 Å². The van der Waals surface area contributed by atoms with Crippen LogP contribution in [0.2, 0.25) is 0 Å². The van der Waals surface area contributed by atoms with Gasteiger partial charge in [-0.2, -0.15) is 5.10 Å². The third-order valence-corrected chi connectivity index (χ3v) is 3.18. The molecule has 1 aromatic rings. The SMILES string of the molecule is CCn1cc(N)c(C(=O)N2CC(O)CC2C(N)=O)n1. The normalized spacial score (nSPS) is 22.7. The van der Waals surface area contributed by atoms with Gasteiger partial charge in [-0.05, 0) is 6.92 Å². The maximum atomic E-state index is 12.3. The lowest BCUT2D eigenvalue weighted by Crippen LogP contribution is -2.44. The van der Waals surface area contributed by atoms with Gasteiger partial charge in [-0.3, -0.25) is 14.3 Å². The fourth-order valence-corrected chi connectivity index (χ4v) is 2.21. The minimum absolute atomic E-state index is 0.0604. The predicted octanol–water partition coefficient (Wildman–Crippen LogP) is -1.45. The van der Waals surface area contributed by atoms with E-state index in [0.29, 0.717) is 6.54 Å². The topological polar surface area (TPSA) is 127 Å². The molecular weight excluding hydrogens is 250 g/mol. The smallest absolute Gasteiger partial charge is 0.277 e. The summed E-state index contributed by atoms with van der Waals surface area (Å²) < 4.78 is 1.54. The fraction of sp³-hybridized carbons (Fsp3) is 0.545. The van der Waals surface area contributed by atoms with Crippen LogP contribution in [0.1, 0.15) is 23.8 Å². The number of carbonyl (C=O) groups is 2. The fourth-order valence-electron chi connectivity index (χ4n) is 2.21. The lowest BCUT2D eigenvalue weighted by molar-refractivity contribution is -0.121. The van der Waals surface area contributed by atoms with Crippen LogP contribution >= 0.6 is 0 Å². The highest BCUT2D eigenvalue weighted by Gasteiger charge is 2.39. The van der Waals surface area contributed by atoms with Gasteiger partial charge < -0.3 is 21.5 Å². The zero-order valence-electron chi connectivity index (χ0n) is 10.6. The summed E-state index contributed by atoms with van der Waals surface area (Å²) in [7, 11) is 0. The number of β-amino-alcohol motifs (C(OH)–C–C–N with tert-alkyl or cyclic N) is 1. The molecule has 19 heavy (non-hydrogen) atoms. The summed E-state index contributed by atoms with van der Waals surface area (Å²) in [5, 5.41) is 13.6. The molecule has 104 valence electrons. The largest absolute Gasteiger partial charge is 0.396 e. The Labute approximate surface area is 110 Å². The number of anilines is 1. The van der Waals surface area contributed by atoms with E-state index in [2.05, 4.69) is 5.10 Å². The third kappa shape index (κ3) is 2.39. The lowest BCUT2D eigenvalue weighted by Gasteiger charge is -2.20. The summed E-state index contributed by atoms with van der Waals surface area (Å²) in [6.07, 6.45) is 0.949. The highest BCUT2D eigenvalue weighted by atomic mass is 16.3. The van der Waals surface area contributed by atoms with Gasteiger partial charge in [0.2, 0.25) is 5.91 Å². The molecule has 0 saturated carbocycles. The Kier molecular flexibility index (Phi) is 3.43. The number of likely N-dealkylation sites (tertiary alicyclic amines) is 1. The Hall–Kier alpha value is -2.09. The van der Waals surface area contributed by atoms with E-state index in [0.717, 1.165) is 0 Å². The van der Waals surface area contributed by atoms with E-state index < -0.39 is 24.0 Å². The number of nitrogen functional groups attached to an aromatic ring is 1. The molecule has 2 atom stereocenters. The van der Waals surface area contributed by atoms with Crippen LogP contribution in [0.4, 0.5) is 5.69 Å². The molecule has 0 aliphatic carbocycles. The number of nitrogens with zero attached hydrogens (tertiary/aromatic N) is 3. The zero-order chi connectivity index (χ0) is 14.2. The van der Waals surface area contributed by atoms with Crippen LogP contribution in [0, 0.1) is 0 Å². The molecule has 8 heteroatoms. The minimum Gasteiger partial charge on any atom is -0.396 e. The van der Waals surface area contributed by atoms with Crippen molar-refractivity contribution >= 4 is 17.5 Å². The minimum atomic E-state index is -0.811. The molecule has 0 aromatic carbocycles. The van der Waals surface area contributed by atoms with Crippen molar-refractivity contribution in [1.82, 2.24) is 14.7 Å². The maximum Gasteiger partial charge on any atom is 0.277 e. The number of amides is 2. The predicted molar refractivity (Wildman–Crippen MR) is 67.0 cm³/mol. The van der Waals surface area contributed by atoms with Crippen LogP contribution in [0.3, 0.4) is 0 Å². The monoisotopic (exact) mass is 267 g/mol. The molecule has 1 aliphatic heterocycles. The highest BCUT2D eigenvalue weighted by molar-refractivity contribution is 5.99. The molecule has 2 unspecified atom stereocenters. The lowest BCUT2D eigenvalue weighted by atomic mass is 10.2. The average molecular weight is 267 g/mol. The number of aryl methyl sites for hydroxylation is 1. The summed E-state index contributed by atoms with van der Waals surface area (Å²) in [5.41, 5.74) is 11.3. The molecule has 0 bridgehead atoms. The van der Waals surface area contributed by atoms with Crippen LogP contribution in [-0.2, 0) is 11.3 Å². The third-order valence-electron chi connectivity index (χ3n) is 3.18. The molecule has 2 rings (SSSR count). The highest BCUT2D eigenvalue weighted by Crippen LogP contribution is 2.22. The molecule has 1 aliphatic rings. The van der Waals surface area contributed by atoms with Crippen molar-refractivity contribution in [3.8, 4) is 0 Å². The molecule has 0 spiro atoms. The van der Waals surface area contributed by atoms with E-state index in [-0.39, 0.29) is 24.3 Å². The van der Waals surface area contributed by atoms with Crippen LogP contribution < -0.4 is 11.5 Å². The summed E-state index contributed by atoms with van der Waals surface area (Å²) >= 11 is 0. The van der Waals surface area contributed by atoms with Crippen molar-refractivity contribution < 1.29 is 14.7 Å². The van der Waals surface area contributed by atoms with E-state index in [1.54, 1.807) is 6.20 Å². The molecule has 5 N–H and O–H groups in total. The first kappa shape index (κ1) is 13.3. The molecule has 2 heterocycles. The van der Waals surface area contributed by atoms with E-state index in [4.69, 9.17) is 11.5 Å². The number of hydrogen-bond acceptors (Lipinski definition) is 5. The summed E-state index contributed by atoms with van der Waals surface area (Å²) in [6, 6.07) is -0.811. The number of rotatable bonds is 3. The van der Waals surface area contributed by atoms with Crippen LogP contribution in [0.15, 0.2) is 6.20 Å². The van der Waals surface area contributed by atoms with Crippen LogP contribution in [-0.4, -0.2) is 50.3 Å². The number of nitrogens with two attached hydrogens (primary N) is 2. The first-order valence-electron chi connectivity index (χ1n) is 6.05. The molecule has 1 saturated heterocycles. The number of hydrogen-bond donors (Lipinski definition) is 3. The van der Waals surface area contributed by atoms with E-state index in [1.807, 2.05) is 6.92 Å². The zero-order valence-corrected chi connectivity index (χ0v) is 10.6. The number of aliphatic hydroxyl groups excluding tert-OH is 1.